The first-order valence-corrected chi connectivity index (χ1v) is 10.4. The van der Waals surface area contributed by atoms with Crippen LogP contribution in [-0.4, -0.2) is 37.1 Å². The Hall–Kier alpha value is -2.23. The van der Waals surface area contributed by atoms with Crippen LogP contribution in [0.3, 0.4) is 0 Å². The highest BCUT2D eigenvalue weighted by Gasteiger charge is 2.39. The number of carbonyl (C=O) groups is 2. The summed E-state index contributed by atoms with van der Waals surface area (Å²) in [4.78, 5) is 23.7. The molecule has 1 atom stereocenters. The van der Waals surface area contributed by atoms with Crippen LogP contribution < -0.4 is 10.6 Å². The van der Waals surface area contributed by atoms with Gasteiger partial charge in [-0.3, -0.25) is 9.59 Å². The van der Waals surface area contributed by atoms with Crippen molar-refractivity contribution in [1.29, 1.82) is 0 Å². The van der Waals surface area contributed by atoms with Gasteiger partial charge in [0.25, 0.3) is 10.0 Å². The normalized spacial score (nSPS) is 17.8. The van der Waals surface area contributed by atoms with E-state index in [-0.39, 0.29) is 16.0 Å². The summed E-state index contributed by atoms with van der Waals surface area (Å²) in [7, 11) is -3.66. The van der Waals surface area contributed by atoms with Crippen molar-refractivity contribution < 1.29 is 18.0 Å². The average molecular weight is 393 g/mol. The number of amides is 2. The number of benzene rings is 1. The second-order valence-corrected chi connectivity index (χ2v) is 9.02. The molecule has 2 heterocycles. The molecule has 2 N–H and O–H groups in total. The highest BCUT2D eigenvalue weighted by molar-refractivity contribution is 7.91. The van der Waals surface area contributed by atoms with Gasteiger partial charge in [0.05, 0.1) is 0 Å². The van der Waals surface area contributed by atoms with E-state index in [9.17, 15) is 18.0 Å². The third-order valence-corrected chi connectivity index (χ3v) is 7.32. The largest absolute Gasteiger partial charge is 0.326 e. The first kappa shape index (κ1) is 18.6. The second-order valence-electron chi connectivity index (χ2n) is 5.95. The summed E-state index contributed by atoms with van der Waals surface area (Å²) in [5.74, 6) is -0.530. The minimum absolute atomic E-state index is 0.179. The van der Waals surface area contributed by atoms with Crippen molar-refractivity contribution in [3.63, 3.8) is 0 Å². The Morgan fingerprint density at radius 1 is 1.12 bits per heavy atom. The summed E-state index contributed by atoms with van der Waals surface area (Å²) in [6.07, 6.45) is 1.13. The van der Waals surface area contributed by atoms with E-state index >= 15 is 0 Å². The van der Waals surface area contributed by atoms with Crippen molar-refractivity contribution in [1.82, 2.24) is 4.31 Å². The van der Waals surface area contributed by atoms with Gasteiger partial charge in [-0.05, 0) is 48.6 Å². The molecule has 9 heteroatoms. The minimum atomic E-state index is -3.66. The quantitative estimate of drug-likeness (QED) is 0.816. The van der Waals surface area contributed by atoms with Crippen LogP contribution in [-0.2, 0) is 19.6 Å². The molecule has 26 heavy (non-hydrogen) atoms. The van der Waals surface area contributed by atoms with Crippen LogP contribution in [0, 0.1) is 0 Å². The van der Waals surface area contributed by atoms with E-state index in [1.807, 2.05) is 0 Å². The van der Waals surface area contributed by atoms with Crippen molar-refractivity contribution in [3.05, 3.63) is 41.8 Å². The molecule has 0 spiro atoms. The summed E-state index contributed by atoms with van der Waals surface area (Å²) in [6.45, 7) is 1.75. The number of thiophene rings is 1. The first-order valence-electron chi connectivity index (χ1n) is 8.12. The molecule has 3 rings (SSSR count). The Kier molecular flexibility index (Phi) is 5.40. The fourth-order valence-electron chi connectivity index (χ4n) is 2.88. The number of nitrogens with zero attached hydrogens (tertiary/aromatic N) is 1. The molecule has 0 aliphatic carbocycles. The van der Waals surface area contributed by atoms with Gasteiger partial charge in [-0.15, -0.1) is 11.3 Å². The molecular weight excluding hydrogens is 374 g/mol. The molecule has 0 saturated carbocycles. The number of anilines is 2. The highest BCUT2D eigenvalue weighted by atomic mass is 32.2. The fraction of sp³-hybridized carbons (Fsp3) is 0.294. The van der Waals surface area contributed by atoms with Crippen LogP contribution in [0.15, 0.2) is 46.0 Å². The van der Waals surface area contributed by atoms with Gasteiger partial charge < -0.3 is 10.6 Å². The van der Waals surface area contributed by atoms with Gasteiger partial charge in [0.15, 0.2) is 0 Å². The van der Waals surface area contributed by atoms with E-state index in [1.165, 1.54) is 11.2 Å². The van der Waals surface area contributed by atoms with E-state index in [4.69, 9.17) is 0 Å². The molecule has 1 aliphatic heterocycles. The van der Waals surface area contributed by atoms with Crippen LogP contribution in [0.1, 0.15) is 19.8 Å². The number of rotatable bonds is 5. The molecule has 1 aliphatic rings. The third-order valence-electron chi connectivity index (χ3n) is 4.04. The van der Waals surface area contributed by atoms with Gasteiger partial charge in [0.2, 0.25) is 11.8 Å². The molecule has 2 aromatic rings. The van der Waals surface area contributed by atoms with Crippen LogP contribution in [0.5, 0.6) is 0 Å². The number of nitrogens with one attached hydrogen (secondary N) is 2. The molecule has 1 aromatic carbocycles. The van der Waals surface area contributed by atoms with Gasteiger partial charge in [0, 0.05) is 24.8 Å². The summed E-state index contributed by atoms with van der Waals surface area (Å²) >= 11 is 1.15. The van der Waals surface area contributed by atoms with Gasteiger partial charge in [-0.1, -0.05) is 6.07 Å². The lowest BCUT2D eigenvalue weighted by Crippen LogP contribution is -2.42. The predicted molar refractivity (Wildman–Crippen MR) is 101 cm³/mol. The second kappa shape index (κ2) is 7.56. The zero-order valence-electron chi connectivity index (χ0n) is 14.1. The van der Waals surface area contributed by atoms with Crippen LogP contribution in [0.2, 0.25) is 0 Å². The number of hydrogen-bond donors (Lipinski definition) is 2. The molecule has 2 amide bonds. The average Bonchev–Trinajstić information content (AvgIpc) is 3.28. The smallest absolute Gasteiger partial charge is 0.253 e. The van der Waals surface area contributed by atoms with E-state index in [2.05, 4.69) is 10.6 Å². The highest BCUT2D eigenvalue weighted by Crippen LogP contribution is 2.29. The van der Waals surface area contributed by atoms with Gasteiger partial charge >= 0.3 is 0 Å². The summed E-state index contributed by atoms with van der Waals surface area (Å²) < 4.78 is 27.0. The first-order chi connectivity index (χ1) is 12.4. The lowest BCUT2D eigenvalue weighted by atomic mass is 10.2. The predicted octanol–water partition coefficient (Wildman–Crippen LogP) is 2.50. The van der Waals surface area contributed by atoms with Gasteiger partial charge in [-0.2, -0.15) is 4.31 Å². The molecule has 1 fully saturated rings. The van der Waals surface area contributed by atoms with E-state index in [1.54, 1.807) is 41.8 Å². The summed E-state index contributed by atoms with van der Waals surface area (Å²) in [5, 5.41) is 7.11. The molecule has 1 saturated heterocycles. The van der Waals surface area contributed by atoms with E-state index < -0.39 is 16.1 Å². The van der Waals surface area contributed by atoms with Crippen LogP contribution in [0.25, 0.3) is 0 Å². The van der Waals surface area contributed by atoms with Crippen molar-refractivity contribution in [3.8, 4) is 0 Å². The maximum absolute atomic E-state index is 12.7. The van der Waals surface area contributed by atoms with E-state index in [0.717, 1.165) is 11.3 Å². The Morgan fingerprint density at radius 3 is 2.35 bits per heavy atom. The lowest BCUT2D eigenvalue weighted by Gasteiger charge is -2.22. The zero-order chi connectivity index (χ0) is 18.7. The Balaban J connectivity index is 1.72. The Bertz CT molecular complexity index is 893. The number of carbonyl (C=O) groups excluding carboxylic acids is 2. The maximum Gasteiger partial charge on any atom is 0.253 e. The van der Waals surface area contributed by atoms with Crippen molar-refractivity contribution in [2.45, 2.75) is 30.0 Å². The molecule has 1 unspecified atom stereocenters. The Labute approximate surface area is 156 Å². The van der Waals surface area contributed by atoms with Crippen molar-refractivity contribution in [2.75, 3.05) is 17.2 Å². The minimum Gasteiger partial charge on any atom is -0.326 e. The summed E-state index contributed by atoms with van der Waals surface area (Å²) in [6, 6.07) is 9.18. The Morgan fingerprint density at radius 2 is 1.77 bits per heavy atom. The van der Waals surface area contributed by atoms with Crippen LogP contribution >= 0.6 is 11.3 Å². The lowest BCUT2D eigenvalue weighted by molar-refractivity contribution is -0.119. The summed E-state index contributed by atoms with van der Waals surface area (Å²) in [5.41, 5.74) is 1.17. The molecule has 7 nitrogen and oxygen atoms in total. The number of hydrogen-bond acceptors (Lipinski definition) is 5. The molecule has 0 bridgehead atoms. The van der Waals surface area contributed by atoms with Gasteiger partial charge in [-0.25, -0.2) is 8.42 Å². The fourth-order valence-corrected chi connectivity index (χ4v) is 5.66. The molecule has 138 valence electrons. The zero-order valence-corrected chi connectivity index (χ0v) is 15.8. The third kappa shape index (κ3) is 3.95. The topological polar surface area (TPSA) is 95.6 Å². The van der Waals surface area contributed by atoms with Crippen molar-refractivity contribution in [2.24, 2.45) is 0 Å². The van der Waals surface area contributed by atoms with E-state index in [0.29, 0.717) is 30.8 Å². The standard InChI is InChI=1S/C17H19N3O4S2/c1-12(21)18-13-6-8-14(9-7-13)19-17(22)15-4-2-10-20(15)26(23,24)16-5-3-11-25-16/h3,5-9,11,15H,2,4,10H2,1H3,(H,18,21)(H,19,22). The van der Waals surface area contributed by atoms with Crippen LogP contribution in [0.4, 0.5) is 11.4 Å². The molecular formula is C17H19N3O4S2. The van der Waals surface area contributed by atoms with Crippen molar-refractivity contribution >= 4 is 44.5 Å². The number of sulfonamides is 1. The maximum atomic E-state index is 12.7. The SMILES string of the molecule is CC(=O)Nc1ccc(NC(=O)C2CCCN2S(=O)(=O)c2cccs2)cc1. The van der Waals surface area contributed by atoms with Gasteiger partial charge in [0.1, 0.15) is 10.3 Å². The molecule has 1 aromatic heterocycles. The molecule has 0 radical (unpaired) electrons. The monoisotopic (exact) mass is 393 g/mol.